The van der Waals surface area contributed by atoms with Crippen molar-refractivity contribution in [2.75, 3.05) is 0 Å². The lowest BCUT2D eigenvalue weighted by atomic mass is 9.81. The normalized spacial score (nSPS) is 14.9. The van der Waals surface area contributed by atoms with Crippen LogP contribution in [0.5, 0.6) is 0 Å². The van der Waals surface area contributed by atoms with Crippen LogP contribution in [0.15, 0.2) is 17.0 Å². The lowest BCUT2D eigenvalue weighted by Gasteiger charge is -2.24. The topological polar surface area (TPSA) is 26.0 Å². The van der Waals surface area contributed by atoms with E-state index in [1.165, 1.54) is 6.39 Å². The number of nitrogens with zero attached hydrogens (tertiary/aromatic N) is 1. The monoisotopic (exact) mass is 153 g/mol. The summed E-state index contributed by atoms with van der Waals surface area (Å²) in [4.78, 5) is 3.89. The van der Waals surface area contributed by atoms with Crippen LogP contribution < -0.4 is 0 Å². The summed E-state index contributed by atoms with van der Waals surface area (Å²) in [6.07, 6.45) is 3.27. The Labute approximate surface area is 67.6 Å². The van der Waals surface area contributed by atoms with Gasteiger partial charge in [-0.1, -0.05) is 27.7 Å². The Balaban J connectivity index is 2.78. The maximum absolute atomic E-state index is 5.21. The molecule has 0 aliphatic heterocycles. The van der Waals surface area contributed by atoms with Gasteiger partial charge in [0.25, 0.3) is 0 Å². The first-order valence-corrected chi connectivity index (χ1v) is 3.90. The SMILES string of the molecule is CC(c1cnco1)C(C)(C)C. The van der Waals surface area contributed by atoms with Crippen molar-refractivity contribution in [3.8, 4) is 0 Å². The fourth-order valence-electron chi connectivity index (χ4n) is 0.866. The highest BCUT2D eigenvalue weighted by molar-refractivity contribution is 5.01. The predicted molar refractivity (Wildman–Crippen MR) is 44.4 cm³/mol. The zero-order valence-electron chi connectivity index (χ0n) is 7.59. The molecule has 0 saturated carbocycles. The van der Waals surface area contributed by atoms with Gasteiger partial charge in [0.1, 0.15) is 5.76 Å². The van der Waals surface area contributed by atoms with Crippen LogP contribution in [0.4, 0.5) is 0 Å². The summed E-state index contributed by atoms with van der Waals surface area (Å²) in [6.45, 7) is 8.74. The Kier molecular flexibility index (Phi) is 2.03. The van der Waals surface area contributed by atoms with Crippen molar-refractivity contribution in [2.24, 2.45) is 5.41 Å². The van der Waals surface area contributed by atoms with E-state index in [4.69, 9.17) is 4.42 Å². The Morgan fingerprint density at radius 3 is 2.45 bits per heavy atom. The number of rotatable bonds is 1. The molecule has 0 amide bonds. The van der Waals surface area contributed by atoms with Crippen LogP contribution in [0.3, 0.4) is 0 Å². The smallest absolute Gasteiger partial charge is 0.180 e. The molecule has 1 aromatic heterocycles. The van der Waals surface area contributed by atoms with Crippen LogP contribution in [0.25, 0.3) is 0 Å². The van der Waals surface area contributed by atoms with Crippen LogP contribution >= 0.6 is 0 Å². The van der Waals surface area contributed by atoms with Gasteiger partial charge < -0.3 is 4.42 Å². The number of hydrogen-bond acceptors (Lipinski definition) is 2. The number of hydrogen-bond donors (Lipinski definition) is 0. The maximum Gasteiger partial charge on any atom is 0.180 e. The zero-order valence-corrected chi connectivity index (χ0v) is 7.59. The van der Waals surface area contributed by atoms with Crippen LogP contribution in [-0.2, 0) is 0 Å². The minimum Gasteiger partial charge on any atom is -0.448 e. The summed E-state index contributed by atoms with van der Waals surface area (Å²) in [6, 6.07) is 0. The van der Waals surface area contributed by atoms with Gasteiger partial charge >= 0.3 is 0 Å². The Hall–Kier alpha value is -0.790. The second-order valence-electron chi connectivity index (χ2n) is 3.99. The molecule has 2 heteroatoms. The molecule has 0 bridgehead atoms. The van der Waals surface area contributed by atoms with Gasteiger partial charge in [0.2, 0.25) is 0 Å². The Morgan fingerprint density at radius 1 is 1.45 bits per heavy atom. The van der Waals surface area contributed by atoms with Crippen LogP contribution in [-0.4, -0.2) is 4.98 Å². The van der Waals surface area contributed by atoms with Crippen molar-refractivity contribution in [2.45, 2.75) is 33.6 Å². The van der Waals surface area contributed by atoms with Crippen molar-refractivity contribution in [3.05, 3.63) is 18.4 Å². The van der Waals surface area contributed by atoms with E-state index in [-0.39, 0.29) is 5.41 Å². The van der Waals surface area contributed by atoms with Gasteiger partial charge in [-0.25, -0.2) is 4.98 Å². The van der Waals surface area contributed by atoms with E-state index < -0.39 is 0 Å². The van der Waals surface area contributed by atoms with Crippen molar-refractivity contribution in [1.82, 2.24) is 4.98 Å². The van der Waals surface area contributed by atoms with E-state index in [2.05, 4.69) is 32.7 Å². The van der Waals surface area contributed by atoms with Gasteiger partial charge in [0, 0.05) is 5.92 Å². The molecule has 1 aromatic rings. The van der Waals surface area contributed by atoms with Gasteiger partial charge in [0.05, 0.1) is 6.20 Å². The van der Waals surface area contributed by atoms with E-state index in [9.17, 15) is 0 Å². The molecule has 1 rings (SSSR count). The van der Waals surface area contributed by atoms with Crippen molar-refractivity contribution in [3.63, 3.8) is 0 Å². The summed E-state index contributed by atoms with van der Waals surface area (Å²) in [5, 5.41) is 0. The van der Waals surface area contributed by atoms with Crippen LogP contribution in [0, 0.1) is 5.41 Å². The van der Waals surface area contributed by atoms with E-state index in [0.29, 0.717) is 5.92 Å². The minimum absolute atomic E-state index is 0.250. The average Bonchev–Trinajstić information content (AvgIpc) is 2.34. The summed E-state index contributed by atoms with van der Waals surface area (Å²) < 4.78 is 5.21. The second kappa shape index (κ2) is 2.68. The lowest BCUT2D eigenvalue weighted by Crippen LogP contribution is -2.14. The maximum atomic E-state index is 5.21. The van der Waals surface area contributed by atoms with Gasteiger partial charge in [-0.05, 0) is 5.41 Å². The molecule has 0 fully saturated rings. The largest absolute Gasteiger partial charge is 0.448 e. The van der Waals surface area contributed by atoms with Crippen LogP contribution in [0.2, 0.25) is 0 Å². The molecule has 1 heterocycles. The lowest BCUT2D eigenvalue weighted by molar-refractivity contribution is 0.296. The van der Waals surface area contributed by atoms with E-state index >= 15 is 0 Å². The number of aromatic nitrogens is 1. The quantitative estimate of drug-likeness (QED) is 0.620. The highest BCUT2D eigenvalue weighted by Gasteiger charge is 2.23. The third-order valence-electron chi connectivity index (χ3n) is 2.18. The molecule has 1 atom stereocenters. The summed E-state index contributed by atoms with van der Waals surface area (Å²) in [5.41, 5.74) is 0.250. The van der Waals surface area contributed by atoms with E-state index in [1.807, 2.05) is 0 Å². The van der Waals surface area contributed by atoms with Crippen molar-refractivity contribution < 1.29 is 4.42 Å². The molecule has 0 spiro atoms. The molecular weight excluding hydrogens is 138 g/mol. The molecule has 62 valence electrons. The standard InChI is InChI=1S/C9H15NO/c1-7(9(2,3)4)8-5-10-6-11-8/h5-7H,1-4H3. The Bertz CT molecular complexity index is 208. The first kappa shape index (κ1) is 8.31. The first-order valence-electron chi connectivity index (χ1n) is 3.90. The van der Waals surface area contributed by atoms with Gasteiger partial charge in [-0.3, -0.25) is 0 Å². The molecule has 0 saturated heterocycles. The molecular formula is C9H15NO. The first-order chi connectivity index (χ1) is 5.02. The summed E-state index contributed by atoms with van der Waals surface area (Å²) in [5.74, 6) is 1.39. The molecule has 0 radical (unpaired) electrons. The molecule has 1 unspecified atom stereocenters. The van der Waals surface area contributed by atoms with Crippen molar-refractivity contribution in [1.29, 1.82) is 0 Å². The van der Waals surface area contributed by atoms with E-state index in [1.54, 1.807) is 6.20 Å². The third kappa shape index (κ3) is 1.82. The van der Waals surface area contributed by atoms with E-state index in [0.717, 1.165) is 5.76 Å². The molecule has 2 nitrogen and oxygen atoms in total. The van der Waals surface area contributed by atoms with Gasteiger partial charge in [-0.15, -0.1) is 0 Å². The fourth-order valence-corrected chi connectivity index (χ4v) is 0.866. The van der Waals surface area contributed by atoms with Crippen LogP contribution in [0.1, 0.15) is 39.4 Å². The fraction of sp³-hybridized carbons (Fsp3) is 0.667. The molecule has 0 aliphatic rings. The summed E-state index contributed by atoms with van der Waals surface area (Å²) in [7, 11) is 0. The minimum atomic E-state index is 0.250. The van der Waals surface area contributed by atoms with Gasteiger partial charge in [-0.2, -0.15) is 0 Å². The third-order valence-corrected chi connectivity index (χ3v) is 2.18. The van der Waals surface area contributed by atoms with Crippen molar-refractivity contribution >= 4 is 0 Å². The average molecular weight is 153 g/mol. The Morgan fingerprint density at radius 2 is 2.09 bits per heavy atom. The summed E-state index contributed by atoms with van der Waals surface area (Å²) >= 11 is 0. The molecule has 11 heavy (non-hydrogen) atoms. The number of oxazole rings is 1. The zero-order chi connectivity index (χ0) is 8.48. The molecule has 0 aromatic carbocycles. The second-order valence-corrected chi connectivity index (χ2v) is 3.99. The highest BCUT2D eigenvalue weighted by Crippen LogP contribution is 2.33. The molecule has 0 N–H and O–H groups in total. The van der Waals surface area contributed by atoms with Gasteiger partial charge in [0.15, 0.2) is 6.39 Å². The predicted octanol–water partition coefficient (Wildman–Crippen LogP) is 2.82. The molecule has 0 aliphatic carbocycles. The highest BCUT2D eigenvalue weighted by atomic mass is 16.3.